The Bertz CT molecular complexity index is 796. The Labute approximate surface area is 200 Å². The van der Waals surface area contributed by atoms with Crippen LogP contribution in [0.3, 0.4) is 0 Å². The number of hydrogen-bond donors (Lipinski definition) is 2. The second-order valence-electron chi connectivity index (χ2n) is 12.3. The summed E-state index contributed by atoms with van der Waals surface area (Å²) in [6, 6.07) is 0. The molecule has 5 rings (SSSR count). The van der Waals surface area contributed by atoms with Crippen molar-refractivity contribution in [3.05, 3.63) is 35.5 Å². The van der Waals surface area contributed by atoms with Crippen molar-refractivity contribution in [1.29, 1.82) is 0 Å². The lowest BCUT2D eigenvalue weighted by atomic mass is 9.61. The van der Waals surface area contributed by atoms with Gasteiger partial charge in [-0.05, 0) is 99.5 Å². The van der Waals surface area contributed by atoms with Gasteiger partial charge in [0.25, 0.3) is 0 Å². The molecule has 1 spiro atoms. The quantitative estimate of drug-likeness (QED) is 0.572. The maximum absolute atomic E-state index is 10.2. The first kappa shape index (κ1) is 23.8. The van der Waals surface area contributed by atoms with Crippen molar-refractivity contribution in [3.63, 3.8) is 0 Å². The summed E-state index contributed by atoms with van der Waals surface area (Å²) in [5.41, 5.74) is 4.00. The van der Waals surface area contributed by atoms with E-state index in [1.54, 1.807) is 5.57 Å². The molecule has 5 fully saturated rings. The first-order chi connectivity index (χ1) is 15.8. The lowest BCUT2D eigenvalue weighted by molar-refractivity contribution is -0.0483. The molecule has 0 amide bonds. The Hall–Kier alpha value is -0.940. The molecular weight excluding hydrogens is 410 g/mol. The SMILES string of the molecule is C=C1[C@H](O)C/C(=C/C=C2CCC[C@]3(C)[C@@H](C(C)CCN4CCOC5(CC5)C4)CC[C@@H]23)C[C@@H]1O. The normalized spacial score (nSPS) is 42.1. The minimum Gasteiger partial charge on any atom is -0.388 e. The lowest BCUT2D eigenvalue weighted by Gasteiger charge is -2.45. The molecule has 33 heavy (non-hydrogen) atoms. The van der Waals surface area contributed by atoms with E-state index in [1.807, 2.05) is 0 Å². The summed E-state index contributed by atoms with van der Waals surface area (Å²) in [5, 5.41) is 20.4. The first-order valence-electron chi connectivity index (χ1n) is 13.6. The van der Waals surface area contributed by atoms with Crippen molar-refractivity contribution in [3.8, 4) is 0 Å². The zero-order chi connectivity index (χ0) is 23.2. The van der Waals surface area contributed by atoms with E-state index in [4.69, 9.17) is 4.74 Å². The number of ether oxygens (including phenoxy) is 1. The smallest absolute Gasteiger partial charge is 0.0811 e. The summed E-state index contributed by atoms with van der Waals surface area (Å²) in [7, 11) is 0. The molecule has 4 aliphatic carbocycles. The van der Waals surface area contributed by atoms with Crippen molar-refractivity contribution < 1.29 is 14.9 Å². The van der Waals surface area contributed by atoms with Gasteiger partial charge in [0.1, 0.15) is 0 Å². The van der Waals surface area contributed by atoms with Crippen LogP contribution >= 0.6 is 0 Å². The summed E-state index contributed by atoms with van der Waals surface area (Å²) in [6.07, 6.45) is 15.0. The van der Waals surface area contributed by atoms with Gasteiger partial charge in [-0.15, -0.1) is 0 Å². The maximum atomic E-state index is 10.2. The van der Waals surface area contributed by atoms with Gasteiger partial charge in [-0.1, -0.05) is 43.7 Å². The largest absolute Gasteiger partial charge is 0.388 e. The van der Waals surface area contributed by atoms with Gasteiger partial charge in [0.2, 0.25) is 0 Å². The second-order valence-corrected chi connectivity index (χ2v) is 12.3. The van der Waals surface area contributed by atoms with E-state index in [-0.39, 0.29) is 5.60 Å². The highest BCUT2D eigenvalue weighted by molar-refractivity contribution is 5.29. The van der Waals surface area contributed by atoms with E-state index in [1.165, 1.54) is 57.9 Å². The van der Waals surface area contributed by atoms with E-state index in [0.29, 0.717) is 29.7 Å². The van der Waals surface area contributed by atoms with Gasteiger partial charge in [-0.25, -0.2) is 0 Å². The fourth-order valence-corrected chi connectivity index (χ4v) is 7.78. The zero-order valence-electron chi connectivity index (χ0n) is 20.9. The van der Waals surface area contributed by atoms with Crippen LogP contribution in [-0.2, 0) is 4.74 Å². The highest BCUT2D eigenvalue weighted by atomic mass is 16.5. The molecule has 2 N–H and O–H groups in total. The van der Waals surface area contributed by atoms with E-state index in [0.717, 1.165) is 37.1 Å². The van der Waals surface area contributed by atoms with Gasteiger partial charge in [0.15, 0.2) is 0 Å². The predicted molar refractivity (Wildman–Crippen MR) is 133 cm³/mol. The van der Waals surface area contributed by atoms with Gasteiger partial charge in [0.05, 0.1) is 24.4 Å². The van der Waals surface area contributed by atoms with Gasteiger partial charge in [0, 0.05) is 13.1 Å². The Morgan fingerprint density at radius 1 is 1.15 bits per heavy atom. The molecule has 4 saturated carbocycles. The predicted octanol–water partition coefficient (Wildman–Crippen LogP) is 5.02. The number of fused-ring (bicyclic) bond motifs is 1. The Morgan fingerprint density at radius 3 is 2.64 bits per heavy atom. The summed E-state index contributed by atoms with van der Waals surface area (Å²) in [4.78, 5) is 2.67. The van der Waals surface area contributed by atoms with Crippen molar-refractivity contribution in [2.45, 2.75) is 95.9 Å². The molecule has 0 aromatic heterocycles. The molecule has 1 unspecified atom stereocenters. The average Bonchev–Trinajstić information content (AvgIpc) is 3.42. The van der Waals surface area contributed by atoms with Gasteiger partial charge in [-0.2, -0.15) is 0 Å². The molecule has 0 aromatic carbocycles. The van der Waals surface area contributed by atoms with Crippen molar-refractivity contribution in [2.75, 3.05) is 26.2 Å². The van der Waals surface area contributed by atoms with Crippen LogP contribution in [-0.4, -0.2) is 59.2 Å². The lowest BCUT2D eigenvalue weighted by Crippen LogP contribution is -2.45. The second kappa shape index (κ2) is 9.26. The molecule has 1 heterocycles. The summed E-state index contributed by atoms with van der Waals surface area (Å²) < 4.78 is 6.01. The van der Waals surface area contributed by atoms with Crippen LogP contribution in [0.5, 0.6) is 0 Å². The maximum Gasteiger partial charge on any atom is 0.0811 e. The molecule has 0 aromatic rings. The molecule has 1 saturated heterocycles. The zero-order valence-corrected chi connectivity index (χ0v) is 20.9. The van der Waals surface area contributed by atoms with Crippen molar-refractivity contribution in [2.24, 2.45) is 23.2 Å². The third-order valence-electron chi connectivity index (χ3n) is 10.1. The van der Waals surface area contributed by atoms with Crippen LogP contribution in [0.1, 0.15) is 78.1 Å². The molecule has 4 heteroatoms. The number of hydrogen-bond acceptors (Lipinski definition) is 4. The molecule has 5 aliphatic rings. The molecule has 4 nitrogen and oxygen atoms in total. The van der Waals surface area contributed by atoms with Crippen LogP contribution < -0.4 is 0 Å². The minimum atomic E-state index is -0.604. The highest BCUT2D eigenvalue weighted by Gasteiger charge is 2.51. The standard InChI is InChI=1S/C29H45NO3/c1-20(10-14-30-15-16-33-29(19-30)12-13-29)24-8-9-25-23(5-4-11-28(24,25)3)7-6-22-17-26(31)21(2)27(32)18-22/h6-7,20,24-27,31-32H,2,4-5,8-19H2,1,3H3/b22-6-,23-7?/t20?,24-,25+,26-,27+,28-/m1/s1. The summed E-state index contributed by atoms with van der Waals surface area (Å²) in [6.45, 7) is 13.4. The van der Waals surface area contributed by atoms with Crippen LogP contribution in [0.4, 0.5) is 0 Å². The van der Waals surface area contributed by atoms with E-state index in [2.05, 4.69) is 37.5 Å². The van der Waals surface area contributed by atoms with Gasteiger partial charge in [-0.3, -0.25) is 4.90 Å². The van der Waals surface area contributed by atoms with Crippen molar-refractivity contribution in [1.82, 2.24) is 4.90 Å². The molecular formula is C29H45NO3. The van der Waals surface area contributed by atoms with Crippen LogP contribution in [0.25, 0.3) is 0 Å². The van der Waals surface area contributed by atoms with Crippen LogP contribution in [0.15, 0.2) is 35.5 Å². The Kier molecular flexibility index (Phi) is 6.67. The Morgan fingerprint density at radius 2 is 1.91 bits per heavy atom. The van der Waals surface area contributed by atoms with Gasteiger partial charge < -0.3 is 14.9 Å². The van der Waals surface area contributed by atoms with Crippen molar-refractivity contribution >= 4 is 0 Å². The molecule has 0 radical (unpaired) electrons. The summed E-state index contributed by atoms with van der Waals surface area (Å²) >= 11 is 0. The van der Waals surface area contributed by atoms with Crippen LogP contribution in [0, 0.1) is 23.2 Å². The third kappa shape index (κ3) is 4.78. The third-order valence-corrected chi connectivity index (χ3v) is 10.1. The van der Waals surface area contributed by atoms with E-state index >= 15 is 0 Å². The number of morpholine rings is 1. The minimum absolute atomic E-state index is 0.237. The van der Waals surface area contributed by atoms with Gasteiger partial charge >= 0.3 is 0 Å². The molecule has 1 aliphatic heterocycles. The molecule has 6 atom stereocenters. The van der Waals surface area contributed by atoms with E-state index < -0.39 is 12.2 Å². The number of rotatable bonds is 5. The summed E-state index contributed by atoms with van der Waals surface area (Å²) in [5.74, 6) is 2.28. The average molecular weight is 456 g/mol. The monoisotopic (exact) mass is 455 g/mol. The number of allylic oxidation sites excluding steroid dienone is 3. The number of aliphatic hydroxyl groups is 2. The molecule has 184 valence electrons. The fourth-order valence-electron chi connectivity index (χ4n) is 7.78. The topological polar surface area (TPSA) is 52.9 Å². The Balaban J connectivity index is 1.21. The van der Waals surface area contributed by atoms with Crippen LogP contribution in [0.2, 0.25) is 0 Å². The number of nitrogens with zero attached hydrogens (tertiary/aromatic N) is 1. The first-order valence-corrected chi connectivity index (χ1v) is 13.6. The fraction of sp³-hybridized carbons (Fsp3) is 0.793. The van der Waals surface area contributed by atoms with E-state index in [9.17, 15) is 10.2 Å². The number of aliphatic hydroxyl groups excluding tert-OH is 2. The highest BCUT2D eigenvalue weighted by Crippen LogP contribution is 2.59. The molecule has 0 bridgehead atoms.